The highest BCUT2D eigenvalue weighted by atomic mass is 16.5. The maximum atomic E-state index is 12.5. The Morgan fingerprint density at radius 1 is 1.19 bits per heavy atom. The highest BCUT2D eigenvalue weighted by Gasteiger charge is 2.28. The van der Waals surface area contributed by atoms with Crippen LogP contribution in [-0.2, 0) is 4.79 Å². The number of pyridine rings is 1. The summed E-state index contributed by atoms with van der Waals surface area (Å²) in [5.41, 5.74) is 0. The molecule has 4 heteroatoms. The van der Waals surface area contributed by atoms with Gasteiger partial charge in [0.05, 0.1) is 0 Å². The molecule has 0 bridgehead atoms. The van der Waals surface area contributed by atoms with E-state index in [2.05, 4.69) is 17.1 Å². The minimum atomic E-state index is 0.176. The first-order valence-corrected chi connectivity index (χ1v) is 7.84. The molecule has 0 N–H and O–H groups in total. The van der Waals surface area contributed by atoms with E-state index in [0.717, 1.165) is 45.2 Å². The van der Waals surface area contributed by atoms with Crippen LogP contribution >= 0.6 is 0 Å². The molecule has 4 nitrogen and oxygen atoms in total. The molecule has 1 saturated heterocycles. The summed E-state index contributed by atoms with van der Waals surface area (Å²) in [6.07, 6.45) is 11.0. The molecule has 2 heterocycles. The highest BCUT2D eigenvalue weighted by Crippen LogP contribution is 2.23. The lowest BCUT2D eigenvalue weighted by Crippen LogP contribution is -2.44. The average molecular weight is 286 g/mol. The molecule has 1 aliphatic carbocycles. The third kappa shape index (κ3) is 3.63. The van der Waals surface area contributed by atoms with E-state index in [1.54, 1.807) is 6.20 Å². The van der Waals surface area contributed by atoms with Crippen molar-refractivity contribution in [1.82, 2.24) is 9.88 Å². The Bertz CT molecular complexity index is 493. The number of piperidine rings is 1. The molecular formula is C17H22N2O2. The van der Waals surface area contributed by atoms with Gasteiger partial charge in [-0.2, -0.15) is 0 Å². The lowest BCUT2D eigenvalue weighted by atomic mass is 9.92. The molecular weight excluding hydrogens is 264 g/mol. The Kier molecular flexibility index (Phi) is 4.53. The number of likely N-dealkylation sites (tertiary alicyclic amines) is 1. The lowest BCUT2D eigenvalue weighted by molar-refractivity contribution is -0.137. The molecule has 1 aromatic rings. The number of carbonyl (C=O) groups is 1. The summed E-state index contributed by atoms with van der Waals surface area (Å²) in [4.78, 5) is 18.7. The largest absolute Gasteiger partial charge is 0.474 e. The molecule has 1 amide bonds. The fraction of sp³-hybridized carbons (Fsp3) is 0.529. The zero-order valence-electron chi connectivity index (χ0n) is 12.3. The van der Waals surface area contributed by atoms with Crippen LogP contribution in [0.15, 0.2) is 36.5 Å². The van der Waals surface area contributed by atoms with E-state index < -0.39 is 0 Å². The minimum Gasteiger partial charge on any atom is -0.474 e. The second kappa shape index (κ2) is 6.74. The van der Waals surface area contributed by atoms with Crippen LogP contribution in [-0.4, -0.2) is 35.0 Å². The molecule has 0 saturated carbocycles. The SMILES string of the molecule is O=C([C@@H]1CC=CCC1)N1CCC(Oc2ccccn2)CC1. The Hall–Kier alpha value is -1.84. The fourth-order valence-electron chi connectivity index (χ4n) is 3.06. The topological polar surface area (TPSA) is 42.4 Å². The summed E-state index contributed by atoms with van der Waals surface area (Å²) >= 11 is 0. The van der Waals surface area contributed by atoms with Crippen LogP contribution in [0.4, 0.5) is 0 Å². The number of aromatic nitrogens is 1. The Morgan fingerprint density at radius 2 is 2.05 bits per heavy atom. The summed E-state index contributed by atoms with van der Waals surface area (Å²) in [7, 11) is 0. The van der Waals surface area contributed by atoms with Crippen LogP contribution in [0.1, 0.15) is 32.1 Å². The van der Waals surface area contributed by atoms with Crippen molar-refractivity contribution in [3.63, 3.8) is 0 Å². The van der Waals surface area contributed by atoms with Crippen LogP contribution in [0.5, 0.6) is 5.88 Å². The average Bonchev–Trinajstić information content (AvgIpc) is 2.57. The van der Waals surface area contributed by atoms with E-state index in [1.165, 1.54) is 0 Å². The van der Waals surface area contributed by atoms with Gasteiger partial charge in [-0.25, -0.2) is 4.98 Å². The summed E-state index contributed by atoms with van der Waals surface area (Å²) < 4.78 is 5.87. The van der Waals surface area contributed by atoms with Crippen molar-refractivity contribution in [2.24, 2.45) is 5.92 Å². The standard InChI is InChI=1S/C17H22N2O2/c20-17(14-6-2-1-3-7-14)19-12-9-15(10-13-19)21-16-8-4-5-11-18-16/h1-2,4-5,8,11,14-15H,3,6-7,9-10,12-13H2/t14-/m1/s1. The lowest BCUT2D eigenvalue weighted by Gasteiger charge is -2.34. The van der Waals surface area contributed by atoms with Crippen molar-refractivity contribution in [3.05, 3.63) is 36.5 Å². The van der Waals surface area contributed by atoms with Crippen molar-refractivity contribution < 1.29 is 9.53 Å². The van der Waals surface area contributed by atoms with E-state index in [-0.39, 0.29) is 12.0 Å². The molecule has 2 aliphatic rings. The summed E-state index contributed by atoms with van der Waals surface area (Å²) in [5.74, 6) is 1.21. The Morgan fingerprint density at radius 3 is 2.71 bits per heavy atom. The van der Waals surface area contributed by atoms with Gasteiger partial charge in [0.2, 0.25) is 11.8 Å². The number of rotatable bonds is 3. The van der Waals surface area contributed by atoms with E-state index in [4.69, 9.17) is 4.74 Å². The first-order chi connectivity index (χ1) is 10.3. The van der Waals surface area contributed by atoms with Crippen LogP contribution in [0.3, 0.4) is 0 Å². The molecule has 1 fully saturated rings. The second-order valence-corrected chi connectivity index (χ2v) is 5.79. The summed E-state index contributed by atoms with van der Waals surface area (Å²) in [6.45, 7) is 1.60. The number of nitrogens with zero attached hydrogens (tertiary/aromatic N) is 2. The van der Waals surface area contributed by atoms with Gasteiger partial charge < -0.3 is 9.64 Å². The smallest absolute Gasteiger partial charge is 0.226 e. The number of hydrogen-bond acceptors (Lipinski definition) is 3. The van der Waals surface area contributed by atoms with Crippen molar-refractivity contribution in [2.45, 2.75) is 38.2 Å². The molecule has 21 heavy (non-hydrogen) atoms. The number of allylic oxidation sites excluding steroid dienone is 2. The van der Waals surface area contributed by atoms with E-state index >= 15 is 0 Å². The van der Waals surface area contributed by atoms with Gasteiger partial charge in [-0.15, -0.1) is 0 Å². The predicted molar refractivity (Wildman–Crippen MR) is 80.9 cm³/mol. The second-order valence-electron chi connectivity index (χ2n) is 5.79. The first-order valence-electron chi connectivity index (χ1n) is 7.84. The van der Waals surface area contributed by atoms with Crippen LogP contribution < -0.4 is 4.74 Å². The Labute approximate surface area is 125 Å². The van der Waals surface area contributed by atoms with Gasteiger partial charge in [-0.3, -0.25) is 4.79 Å². The third-order valence-electron chi connectivity index (χ3n) is 4.30. The van der Waals surface area contributed by atoms with Crippen LogP contribution in [0.2, 0.25) is 0 Å². The minimum absolute atomic E-state index is 0.176. The number of hydrogen-bond donors (Lipinski definition) is 0. The maximum absolute atomic E-state index is 12.5. The van der Waals surface area contributed by atoms with Gasteiger partial charge in [0.25, 0.3) is 0 Å². The molecule has 112 valence electrons. The highest BCUT2D eigenvalue weighted by molar-refractivity contribution is 5.79. The van der Waals surface area contributed by atoms with Gasteiger partial charge in [-0.05, 0) is 25.3 Å². The van der Waals surface area contributed by atoms with Gasteiger partial charge in [0.1, 0.15) is 6.10 Å². The molecule has 0 radical (unpaired) electrons. The molecule has 0 unspecified atom stereocenters. The van der Waals surface area contributed by atoms with Crippen molar-refractivity contribution >= 4 is 5.91 Å². The molecule has 0 aromatic carbocycles. The zero-order chi connectivity index (χ0) is 14.5. The third-order valence-corrected chi connectivity index (χ3v) is 4.30. The molecule has 1 aromatic heterocycles. The van der Waals surface area contributed by atoms with Crippen molar-refractivity contribution in [3.8, 4) is 5.88 Å². The molecule has 0 spiro atoms. The molecule has 1 atom stereocenters. The predicted octanol–water partition coefficient (Wildman–Crippen LogP) is 2.81. The van der Waals surface area contributed by atoms with Gasteiger partial charge >= 0.3 is 0 Å². The van der Waals surface area contributed by atoms with Crippen molar-refractivity contribution in [2.75, 3.05) is 13.1 Å². The normalized spacial score (nSPS) is 23.0. The first kappa shape index (κ1) is 14.1. The van der Waals surface area contributed by atoms with Crippen molar-refractivity contribution in [1.29, 1.82) is 0 Å². The van der Waals surface area contributed by atoms with E-state index in [0.29, 0.717) is 11.8 Å². The van der Waals surface area contributed by atoms with Gasteiger partial charge in [0.15, 0.2) is 0 Å². The zero-order valence-corrected chi connectivity index (χ0v) is 12.3. The number of ether oxygens (including phenoxy) is 1. The van der Waals surface area contributed by atoms with Gasteiger partial charge in [0, 0.05) is 44.1 Å². The van der Waals surface area contributed by atoms with Gasteiger partial charge in [-0.1, -0.05) is 18.2 Å². The number of carbonyl (C=O) groups excluding carboxylic acids is 1. The molecule has 3 rings (SSSR count). The van der Waals surface area contributed by atoms with E-state index in [1.807, 2.05) is 23.1 Å². The summed E-state index contributed by atoms with van der Waals surface area (Å²) in [5, 5.41) is 0. The monoisotopic (exact) mass is 286 g/mol. The van der Waals surface area contributed by atoms with Crippen LogP contribution in [0, 0.1) is 5.92 Å². The maximum Gasteiger partial charge on any atom is 0.226 e. The quantitative estimate of drug-likeness (QED) is 0.802. The Balaban J connectivity index is 1.48. The fourth-order valence-corrected chi connectivity index (χ4v) is 3.06. The van der Waals surface area contributed by atoms with E-state index in [9.17, 15) is 4.79 Å². The molecule has 1 aliphatic heterocycles. The summed E-state index contributed by atoms with van der Waals surface area (Å²) in [6, 6.07) is 5.69. The van der Waals surface area contributed by atoms with Crippen LogP contribution in [0.25, 0.3) is 0 Å². The number of amides is 1.